The van der Waals surface area contributed by atoms with Crippen LogP contribution in [0.5, 0.6) is 0 Å². The van der Waals surface area contributed by atoms with Gasteiger partial charge in [0.1, 0.15) is 11.4 Å². The maximum Gasteiger partial charge on any atom is 0.228 e. The van der Waals surface area contributed by atoms with Gasteiger partial charge in [-0.25, -0.2) is 4.98 Å². The summed E-state index contributed by atoms with van der Waals surface area (Å²) < 4.78 is 0. The first-order valence-corrected chi connectivity index (χ1v) is 8.58. The van der Waals surface area contributed by atoms with Crippen LogP contribution >= 0.6 is 0 Å². The van der Waals surface area contributed by atoms with Crippen molar-refractivity contribution in [2.45, 2.75) is 31.7 Å². The van der Waals surface area contributed by atoms with E-state index in [4.69, 9.17) is 0 Å². The molecule has 1 atom stereocenters. The van der Waals surface area contributed by atoms with Crippen molar-refractivity contribution in [3.63, 3.8) is 0 Å². The number of anilines is 2. The Balaban J connectivity index is 1.64. The first kappa shape index (κ1) is 13.9. The van der Waals surface area contributed by atoms with Gasteiger partial charge >= 0.3 is 0 Å². The number of carbonyl (C=O) groups is 1. The Kier molecular flexibility index (Phi) is 2.78. The lowest BCUT2D eigenvalue weighted by Crippen LogP contribution is -2.31. The SMILES string of the molecule is CN1c2c(ccnc2NC(=O)C2CC2)-c2nn(C)nc2C1C1CC1. The molecule has 2 saturated carbocycles. The van der Waals surface area contributed by atoms with E-state index in [0.29, 0.717) is 11.7 Å². The molecular formula is C17H20N6O. The van der Waals surface area contributed by atoms with E-state index in [0.717, 1.165) is 35.5 Å². The fourth-order valence-electron chi connectivity index (χ4n) is 3.74. The summed E-state index contributed by atoms with van der Waals surface area (Å²) in [6, 6.07) is 2.18. The molecule has 2 aliphatic carbocycles. The Labute approximate surface area is 140 Å². The second kappa shape index (κ2) is 4.78. The Morgan fingerprint density at radius 1 is 1.21 bits per heavy atom. The van der Waals surface area contributed by atoms with E-state index in [1.165, 1.54) is 12.8 Å². The molecule has 3 aliphatic rings. The summed E-state index contributed by atoms with van der Waals surface area (Å²) in [7, 11) is 3.94. The van der Waals surface area contributed by atoms with Gasteiger partial charge in [-0.3, -0.25) is 4.79 Å². The third-order valence-electron chi connectivity index (χ3n) is 5.23. The number of hydrogen-bond acceptors (Lipinski definition) is 5. The molecule has 1 amide bonds. The number of hydrogen-bond donors (Lipinski definition) is 1. The molecule has 2 fully saturated rings. The number of nitrogens with zero attached hydrogens (tertiary/aromatic N) is 5. The van der Waals surface area contributed by atoms with Crippen molar-refractivity contribution < 1.29 is 4.79 Å². The zero-order chi connectivity index (χ0) is 16.4. The number of pyridine rings is 1. The third-order valence-corrected chi connectivity index (χ3v) is 5.23. The lowest BCUT2D eigenvalue weighted by molar-refractivity contribution is -0.117. The van der Waals surface area contributed by atoms with Crippen LogP contribution < -0.4 is 10.2 Å². The zero-order valence-corrected chi connectivity index (χ0v) is 13.9. The van der Waals surface area contributed by atoms with Gasteiger partial charge < -0.3 is 10.2 Å². The van der Waals surface area contributed by atoms with Gasteiger partial charge in [0.25, 0.3) is 0 Å². The fourth-order valence-corrected chi connectivity index (χ4v) is 3.74. The molecule has 0 aromatic carbocycles. The van der Waals surface area contributed by atoms with Crippen molar-refractivity contribution >= 4 is 17.4 Å². The van der Waals surface area contributed by atoms with Crippen molar-refractivity contribution in [3.05, 3.63) is 18.0 Å². The molecule has 2 aromatic heterocycles. The first-order chi connectivity index (χ1) is 11.6. The van der Waals surface area contributed by atoms with Crippen LogP contribution in [0.3, 0.4) is 0 Å². The number of aromatic nitrogens is 4. The monoisotopic (exact) mass is 324 g/mol. The normalized spacial score (nSPS) is 22.1. The Hall–Kier alpha value is -2.44. The molecule has 124 valence electrons. The summed E-state index contributed by atoms with van der Waals surface area (Å²) in [5, 5.41) is 12.3. The van der Waals surface area contributed by atoms with Crippen LogP contribution in [0, 0.1) is 11.8 Å². The van der Waals surface area contributed by atoms with E-state index < -0.39 is 0 Å². The molecule has 7 nitrogen and oxygen atoms in total. The van der Waals surface area contributed by atoms with Crippen molar-refractivity contribution in [3.8, 4) is 11.3 Å². The highest BCUT2D eigenvalue weighted by Crippen LogP contribution is 2.53. The molecule has 0 saturated heterocycles. The molecule has 5 rings (SSSR count). The van der Waals surface area contributed by atoms with Crippen LogP contribution in [0.2, 0.25) is 0 Å². The van der Waals surface area contributed by atoms with Gasteiger partial charge in [0, 0.05) is 31.8 Å². The predicted molar refractivity (Wildman–Crippen MR) is 89.5 cm³/mol. The van der Waals surface area contributed by atoms with Crippen molar-refractivity contribution in [1.82, 2.24) is 20.0 Å². The molecule has 0 spiro atoms. The number of fused-ring (bicyclic) bond motifs is 3. The number of rotatable bonds is 3. The molecule has 1 unspecified atom stereocenters. The lowest BCUT2D eigenvalue weighted by Gasteiger charge is -2.35. The molecule has 3 heterocycles. The van der Waals surface area contributed by atoms with Gasteiger partial charge in [-0.15, -0.1) is 0 Å². The van der Waals surface area contributed by atoms with Gasteiger partial charge in [-0.1, -0.05) is 0 Å². The van der Waals surface area contributed by atoms with Gasteiger partial charge in [-0.05, 0) is 37.7 Å². The summed E-state index contributed by atoms with van der Waals surface area (Å²) >= 11 is 0. The average molecular weight is 324 g/mol. The summed E-state index contributed by atoms with van der Waals surface area (Å²) in [4.78, 5) is 20.6. The van der Waals surface area contributed by atoms with E-state index in [9.17, 15) is 4.79 Å². The molecule has 24 heavy (non-hydrogen) atoms. The predicted octanol–water partition coefficient (Wildman–Crippen LogP) is 2.13. The minimum Gasteiger partial charge on any atom is -0.362 e. The summed E-state index contributed by atoms with van der Waals surface area (Å²) in [6.45, 7) is 0. The minimum absolute atomic E-state index is 0.0808. The third kappa shape index (κ3) is 2.03. The van der Waals surface area contributed by atoms with E-state index in [-0.39, 0.29) is 17.9 Å². The number of nitrogens with one attached hydrogen (secondary N) is 1. The zero-order valence-electron chi connectivity index (χ0n) is 13.9. The Morgan fingerprint density at radius 3 is 2.71 bits per heavy atom. The summed E-state index contributed by atoms with van der Waals surface area (Å²) in [6.07, 6.45) is 6.13. The molecule has 0 radical (unpaired) electrons. The van der Waals surface area contributed by atoms with Gasteiger partial charge in [0.2, 0.25) is 5.91 Å². The molecule has 0 bridgehead atoms. The van der Waals surface area contributed by atoms with Crippen molar-refractivity contribution in [2.24, 2.45) is 18.9 Å². The smallest absolute Gasteiger partial charge is 0.228 e. The average Bonchev–Trinajstić information content (AvgIpc) is 3.44. The molecule has 2 aromatic rings. The highest BCUT2D eigenvalue weighted by atomic mass is 16.2. The largest absolute Gasteiger partial charge is 0.362 e. The minimum atomic E-state index is 0.0808. The number of aryl methyl sites for hydroxylation is 1. The highest BCUT2D eigenvalue weighted by molar-refractivity contribution is 5.99. The number of amides is 1. The molecule has 7 heteroatoms. The maximum absolute atomic E-state index is 12.2. The van der Waals surface area contributed by atoms with Gasteiger partial charge in [-0.2, -0.15) is 15.0 Å². The maximum atomic E-state index is 12.2. The standard InChI is InChI=1S/C17H20N6O/c1-22-14(9-3-4-9)13-12(20-23(2)21-13)11-7-8-18-16(15(11)22)19-17(24)10-5-6-10/h7-10,14H,3-6H2,1-2H3,(H,18,19,24). The number of carbonyl (C=O) groups excluding carboxylic acids is 1. The summed E-state index contributed by atoms with van der Waals surface area (Å²) in [5.41, 5.74) is 3.93. The van der Waals surface area contributed by atoms with Crippen LogP contribution in [-0.4, -0.2) is 32.9 Å². The fraction of sp³-hybridized carbons (Fsp3) is 0.529. The van der Waals surface area contributed by atoms with E-state index in [1.807, 2.05) is 13.1 Å². The topological polar surface area (TPSA) is 75.9 Å². The molecule has 1 aliphatic heterocycles. The first-order valence-electron chi connectivity index (χ1n) is 8.58. The van der Waals surface area contributed by atoms with Gasteiger partial charge in [0.05, 0.1) is 11.7 Å². The second-order valence-corrected chi connectivity index (χ2v) is 7.14. The van der Waals surface area contributed by atoms with Crippen LogP contribution in [0.4, 0.5) is 11.5 Å². The van der Waals surface area contributed by atoms with Gasteiger partial charge in [0.15, 0.2) is 5.82 Å². The van der Waals surface area contributed by atoms with Crippen molar-refractivity contribution in [2.75, 3.05) is 17.3 Å². The van der Waals surface area contributed by atoms with Crippen LogP contribution in [0.1, 0.15) is 37.4 Å². The molecule has 1 N–H and O–H groups in total. The molecular weight excluding hydrogens is 304 g/mol. The Morgan fingerprint density at radius 2 is 2.00 bits per heavy atom. The summed E-state index contributed by atoms with van der Waals surface area (Å²) in [5.74, 6) is 1.49. The van der Waals surface area contributed by atoms with Crippen LogP contribution in [0.15, 0.2) is 12.3 Å². The van der Waals surface area contributed by atoms with Crippen LogP contribution in [-0.2, 0) is 11.8 Å². The van der Waals surface area contributed by atoms with Crippen LogP contribution in [0.25, 0.3) is 11.3 Å². The van der Waals surface area contributed by atoms with Crippen molar-refractivity contribution in [1.29, 1.82) is 0 Å². The quantitative estimate of drug-likeness (QED) is 0.936. The van der Waals surface area contributed by atoms with E-state index >= 15 is 0 Å². The Bertz CT molecular complexity index is 836. The van der Waals surface area contributed by atoms with E-state index in [2.05, 4.69) is 32.4 Å². The lowest BCUT2D eigenvalue weighted by atomic mass is 9.95. The highest BCUT2D eigenvalue weighted by Gasteiger charge is 2.44. The second-order valence-electron chi connectivity index (χ2n) is 7.14. The van der Waals surface area contributed by atoms with E-state index in [1.54, 1.807) is 11.0 Å².